The van der Waals surface area contributed by atoms with E-state index in [9.17, 15) is 8.42 Å². The predicted molar refractivity (Wildman–Crippen MR) is 93.9 cm³/mol. The molecule has 0 saturated carbocycles. The van der Waals surface area contributed by atoms with E-state index in [0.29, 0.717) is 44.1 Å². The number of aromatic nitrogens is 3. The van der Waals surface area contributed by atoms with E-state index in [0.717, 1.165) is 11.5 Å². The molecule has 8 nitrogen and oxygen atoms in total. The van der Waals surface area contributed by atoms with Crippen molar-refractivity contribution < 1.29 is 17.9 Å². The minimum absolute atomic E-state index is 0.162. The first kappa shape index (κ1) is 16.8. The number of fused-ring (bicyclic) bond motifs is 2. The maximum absolute atomic E-state index is 12.5. The maximum Gasteiger partial charge on any atom is 0.240 e. The molecule has 1 N–H and O–H groups in total. The Hall–Kier alpha value is -2.65. The van der Waals surface area contributed by atoms with Gasteiger partial charge in [-0.05, 0) is 30.7 Å². The molecule has 3 heterocycles. The Labute approximate surface area is 150 Å². The molecule has 3 aromatic rings. The molecule has 0 unspecified atom stereocenters. The lowest BCUT2D eigenvalue weighted by Gasteiger charge is -2.18. The van der Waals surface area contributed by atoms with Crippen LogP contribution < -0.4 is 14.2 Å². The molecular weight excluding hydrogens is 356 g/mol. The highest BCUT2D eigenvalue weighted by Gasteiger charge is 2.19. The predicted octanol–water partition coefficient (Wildman–Crippen LogP) is 1.41. The van der Waals surface area contributed by atoms with Gasteiger partial charge in [-0.25, -0.2) is 13.1 Å². The number of hydrogen-bond acceptors (Lipinski definition) is 6. The molecule has 136 valence electrons. The number of aryl methyl sites for hydroxylation is 1. The van der Waals surface area contributed by atoms with E-state index in [2.05, 4.69) is 14.9 Å². The fourth-order valence-electron chi connectivity index (χ4n) is 2.79. The number of benzene rings is 1. The number of nitrogens with one attached hydrogen (secondary N) is 1. The molecule has 1 aliphatic rings. The van der Waals surface area contributed by atoms with Crippen molar-refractivity contribution in [1.82, 2.24) is 19.3 Å². The van der Waals surface area contributed by atoms with Gasteiger partial charge in [-0.2, -0.15) is 0 Å². The van der Waals surface area contributed by atoms with Gasteiger partial charge < -0.3 is 9.47 Å². The van der Waals surface area contributed by atoms with Crippen molar-refractivity contribution in [2.45, 2.75) is 17.7 Å². The maximum atomic E-state index is 12.5. The van der Waals surface area contributed by atoms with E-state index in [4.69, 9.17) is 9.47 Å². The van der Waals surface area contributed by atoms with E-state index < -0.39 is 10.0 Å². The summed E-state index contributed by atoms with van der Waals surface area (Å²) >= 11 is 0. The van der Waals surface area contributed by atoms with Crippen molar-refractivity contribution in [1.29, 1.82) is 0 Å². The quantitative estimate of drug-likeness (QED) is 0.656. The monoisotopic (exact) mass is 374 g/mol. The van der Waals surface area contributed by atoms with E-state index in [1.54, 1.807) is 6.07 Å². The van der Waals surface area contributed by atoms with Crippen LogP contribution in [0.3, 0.4) is 0 Å². The molecule has 26 heavy (non-hydrogen) atoms. The molecule has 0 bridgehead atoms. The fourth-order valence-corrected chi connectivity index (χ4v) is 3.88. The lowest BCUT2D eigenvalue weighted by molar-refractivity contribution is 0.171. The molecule has 0 amide bonds. The zero-order chi connectivity index (χ0) is 18.0. The first-order valence-electron chi connectivity index (χ1n) is 8.31. The van der Waals surface area contributed by atoms with Crippen molar-refractivity contribution in [2.24, 2.45) is 0 Å². The largest absolute Gasteiger partial charge is 0.486 e. The van der Waals surface area contributed by atoms with Crippen LogP contribution in [0.4, 0.5) is 0 Å². The topological polar surface area (TPSA) is 94.8 Å². The summed E-state index contributed by atoms with van der Waals surface area (Å²) < 4.78 is 40.3. The lowest BCUT2D eigenvalue weighted by Crippen LogP contribution is -2.25. The highest BCUT2D eigenvalue weighted by molar-refractivity contribution is 7.89. The molecule has 0 aliphatic carbocycles. The van der Waals surface area contributed by atoms with Crippen LogP contribution in [0.15, 0.2) is 47.5 Å². The van der Waals surface area contributed by atoms with Crippen LogP contribution in [0.5, 0.6) is 11.5 Å². The summed E-state index contributed by atoms with van der Waals surface area (Å²) in [7, 11) is -3.61. The molecule has 2 aromatic heterocycles. The highest BCUT2D eigenvalue weighted by Crippen LogP contribution is 2.32. The normalized spacial score (nSPS) is 13.8. The van der Waals surface area contributed by atoms with Crippen molar-refractivity contribution in [2.75, 3.05) is 19.8 Å². The second kappa shape index (κ2) is 6.93. The molecule has 4 rings (SSSR count). The van der Waals surface area contributed by atoms with Crippen LogP contribution in [0.2, 0.25) is 0 Å². The third-order valence-corrected chi connectivity index (χ3v) is 5.54. The molecule has 0 radical (unpaired) electrons. The smallest absolute Gasteiger partial charge is 0.240 e. The van der Waals surface area contributed by atoms with Crippen LogP contribution >= 0.6 is 0 Å². The second-order valence-electron chi connectivity index (χ2n) is 5.85. The Morgan fingerprint density at radius 3 is 2.81 bits per heavy atom. The zero-order valence-electron chi connectivity index (χ0n) is 14.0. The van der Waals surface area contributed by atoms with E-state index in [1.165, 1.54) is 12.1 Å². The fraction of sp³-hybridized carbons (Fsp3) is 0.294. The first-order chi connectivity index (χ1) is 12.6. The SMILES string of the molecule is O=S(=O)(NCCCc1nnc2ccccn12)c1ccc2c(c1)OCCO2. The van der Waals surface area contributed by atoms with Gasteiger partial charge in [0.15, 0.2) is 17.1 Å². The molecule has 1 aliphatic heterocycles. The van der Waals surface area contributed by atoms with E-state index >= 15 is 0 Å². The summed E-state index contributed by atoms with van der Waals surface area (Å²) in [4.78, 5) is 0.162. The van der Waals surface area contributed by atoms with Crippen molar-refractivity contribution >= 4 is 15.7 Å². The van der Waals surface area contributed by atoms with Gasteiger partial charge in [0.05, 0.1) is 4.90 Å². The molecule has 0 atom stereocenters. The second-order valence-corrected chi connectivity index (χ2v) is 7.62. The summed E-state index contributed by atoms with van der Waals surface area (Å²) in [6, 6.07) is 10.3. The summed E-state index contributed by atoms with van der Waals surface area (Å²) in [5.41, 5.74) is 0.777. The summed E-state index contributed by atoms with van der Waals surface area (Å²) in [5, 5.41) is 8.22. The third kappa shape index (κ3) is 3.35. The Balaban J connectivity index is 1.38. The van der Waals surface area contributed by atoms with Crippen LogP contribution in [0.1, 0.15) is 12.2 Å². The number of ether oxygens (including phenoxy) is 2. The minimum atomic E-state index is -3.61. The van der Waals surface area contributed by atoms with Gasteiger partial charge in [0.1, 0.15) is 19.0 Å². The number of nitrogens with zero attached hydrogens (tertiary/aromatic N) is 3. The first-order valence-corrected chi connectivity index (χ1v) is 9.80. The summed E-state index contributed by atoms with van der Waals surface area (Å²) in [6.07, 6.45) is 3.12. The van der Waals surface area contributed by atoms with Gasteiger partial charge in [0.25, 0.3) is 0 Å². The average molecular weight is 374 g/mol. The van der Waals surface area contributed by atoms with Crippen LogP contribution in [-0.4, -0.2) is 42.8 Å². The number of pyridine rings is 1. The van der Waals surface area contributed by atoms with Crippen molar-refractivity contribution in [3.63, 3.8) is 0 Å². The summed E-state index contributed by atoms with van der Waals surface area (Å²) in [5.74, 6) is 1.82. The average Bonchev–Trinajstić information content (AvgIpc) is 3.08. The standard InChI is InChI=1S/C17H18N4O4S/c22-26(23,13-6-7-14-15(12-13)25-11-10-24-14)18-8-3-5-17-20-19-16-4-1-2-9-21(16)17/h1-2,4,6-7,9,12,18H,3,5,8,10-11H2. The molecule has 0 spiro atoms. The van der Waals surface area contributed by atoms with Gasteiger partial charge in [0.2, 0.25) is 10.0 Å². The molecule has 1 aromatic carbocycles. The Kier molecular flexibility index (Phi) is 4.48. The zero-order valence-corrected chi connectivity index (χ0v) is 14.8. The Bertz CT molecular complexity index is 1030. The molecule has 0 fully saturated rings. The van der Waals surface area contributed by atoms with Crippen LogP contribution in [0.25, 0.3) is 5.65 Å². The van der Waals surface area contributed by atoms with Crippen molar-refractivity contribution in [3.8, 4) is 11.5 Å². The van der Waals surface area contributed by atoms with E-state index in [1.807, 2.05) is 28.8 Å². The van der Waals surface area contributed by atoms with E-state index in [-0.39, 0.29) is 4.90 Å². The molecular formula is C17H18N4O4S. The van der Waals surface area contributed by atoms with Crippen LogP contribution in [0, 0.1) is 0 Å². The molecule has 9 heteroatoms. The number of hydrogen-bond donors (Lipinski definition) is 1. The van der Waals surface area contributed by atoms with Crippen molar-refractivity contribution in [3.05, 3.63) is 48.4 Å². The van der Waals surface area contributed by atoms with Gasteiger partial charge in [0, 0.05) is 25.2 Å². The van der Waals surface area contributed by atoms with Gasteiger partial charge >= 0.3 is 0 Å². The van der Waals surface area contributed by atoms with Gasteiger partial charge in [-0.15, -0.1) is 10.2 Å². The van der Waals surface area contributed by atoms with Crippen LogP contribution in [-0.2, 0) is 16.4 Å². The highest BCUT2D eigenvalue weighted by atomic mass is 32.2. The Morgan fingerprint density at radius 2 is 1.92 bits per heavy atom. The number of rotatable bonds is 6. The van der Waals surface area contributed by atoms with Gasteiger partial charge in [-0.1, -0.05) is 6.07 Å². The third-order valence-electron chi connectivity index (χ3n) is 4.08. The Morgan fingerprint density at radius 1 is 1.08 bits per heavy atom. The van der Waals surface area contributed by atoms with Gasteiger partial charge in [-0.3, -0.25) is 4.40 Å². The number of sulfonamides is 1. The minimum Gasteiger partial charge on any atom is -0.486 e. The molecule has 0 saturated heterocycles. The summed E-state index contributed by atoms with van der Waals surface area (Å²) in [6.45, 7) is 1.18. The lowest BCUT2D eigenvalue weighted by atomic mass is 10.3.